The number of hydrogen-bond acceptors (Lipinski definition) is 1. The number of hydrogen-bond donors (Lipinski definition) is 1. The summed E-state index contributed by atoms with van der Waals surface area (Å²) in [5.41, 5.74) is 0.0943. The summed E-state index contributed by atoms with van der Waals surface area (Å²) in [5, 5.41) is 3.08. The number of amides is 1. The largest absolute Gasteiger partial charge is 0.351 e. The number of carbonyl (C=O) groups is 1. The zero-order valence-electron chi connectivity index (χ0n) is 9.40. The molecule has 1 atom stereocenters. The second kappa shape index (κ2) is 3.00. The molecule has 1 aliphatic heterocycles. The van der Waals surface area contributed by atoms with Crippen LogP contribution in [0.4, 0.5) is 0 Å². The molecule has 2 heteroatoms. The molecule has 0 bridgehead atoms. The molecule has 1 N–H and O–H groups in total. The first-order valence-electron chi connectivity index (χ1n) is 5.17. The van der Waals surface area contributed by atoms with Crippen molar-refractivity contribution in [3.8, 4) is 0 Å². The fraction of sp³-hybridized carbons (Fsp3) is 0.909. The maximum atomic E-state index is 11.4. The molecular formula is C11H21NO. The third-order valence-electron chi connectivity index (χ3n) is 3.91. The Morgan fingerprint density at radius 2 is 2.00 bits per heavy atom. The van der Waals surface area contributed by atoms with Crippen LogP contribution in [0.1, 0.15) is 47.5 Å². The smallest absolute Gasteiger partial charge is 0.221 e. The number of nitrogens with one attached hydrogen (secondary N) is 1. The van der Waals surface area contributed by atoms with Crippen LogP contribution in [-0.4, -0.2) is 11.4 Å². The van der Waals surface area contributed by atoms with Crippen LogP contribution in [0, 0.1) is 11.3 Å². The van der Waals surface area contributed by atoms with Gasteiger partial charge in [-0.2, -0.15) is 0 Å². The first kappa shape index (κ1) is 10.6. The molecule has 0 spiro atoms. The Labute approximate surface area is 81.1 Å². The summed E-state index contributed by atoms with van der Waals surface area (Å²) in [6.07, 6.45) is 1.75. The molecule has 0 aromatic rings. The van der Waals surface area contributed by atoms with Gasteiger partial charge in [0.2, 0.25) is 5.91 Å². The maximum absolute atomic E-state index is 11.4. The Kier molecular flexibility index (Phi) is 2.44. The van der Waals surface area contributed by atoms with E-state index in [-0.39, 0.29) is 16.9 Å². The molecule has 0 aromatic heterocycles. The van der Waals surface area contributed by atoms with Crippen molar-refractivity contribution < 1.29 is 4.79 Å². The minimum absolute atomic E-state index is 0.0486. The van der Waals surface area contributed by atoms with Gasteiger partial charge >= 0.3 is 0 Å². The van der Waals surface area contributed by atoms with Gasteiger partial charge in [0.15, 0.2) is 0 Å². The monoisotopic (exact) mass is 183 g/mol. The van der Waals surface area contributed by atoms with Crippen molar-refractivity contribution in [1.29, 1.82) is 0 Å². The minimum Gasteiger partial charge on any atom is -0.351 e. The van der Waals surface area contributed by atoms with Crippen molar-refractivity contribution in [3.63, 3.8) is 0 Å². The van der Waals surface area contributed by atoms with Gasteiger partial charge < -0.3 is 5.32 Å². The lowest BCUT2D eigenvalue weighted by Gasteiger charge is -2.43. The third-order valence-corrected chi connectivity index (χ3v) is 3.91. The fourth-order valence-corrected chi connectivity index (χ4v) is 2.93. The summed E-state index contributed by atoms with van der Waals surface area (Å²) < 4.78 is 0. The van der Waals surface area contributed by atoms with Crippen LogP contribution in [0.2, 0.25) is 0 Å². The van der Waals surface area contributed by atoms with Gasteiger partial charge in [0.25, 0.3) is 0 Å². The van der Waals surface area contributed by atoms with Crippen LogP contribution in [0.25, 0.3) is 0 Å². The molecule has 1 heterocycles. The van der Waals surface area contributed by atoms with E-state index in [0.29, 0.717) is 12.3 Å². The van der Waals surface area contributed by atoms with Crippen molar-refractivity contribution in [2.75, 3.05) is 0 Å². The van der Waals surface area contributed by atoms with E-state index in [4.69, 9.17) is 0 Å². The predicted molar refractivity (Wildman–Crippen MR) is 54.4 cm³/mol. The van der Waals surface area contributed by atoms with Gasteiger partial charge in [-0.3, -0.25) is 4.79 Å². The van der Waals surface area contributed by atoms with Crippen molar-refractivity contribution >= 4 is 5.91 Å². The van der Waals surface area contributed by atoms with Crippen LogP contribution in [0.3, 0.4) is 0 Å². The molecule has 0 saturated carbocycles. The van der Waals surface area contributed by atoms with Crippen LogP contribution in [0.15, 0.2) is 0 Å². The lowest BCUT2D eigenvalue weighted by molar-refractivity contribution is -0.120. The Morgan fingerprint density at radius 1 is 1.46 bits per heavy atom. The topological polar surface area (TPSA) is 29.1 Å². The summed E-state index contributed by atoms with van der Waals surface area (Å²) in [6.45, 7) is 10.9. The summed E-state index contributed by atoms with van der Waals surface area (Å²) in [5.74, 6) is 0.756. The molecular weight excluding hydrogens is 162 g/mol. The van der Waals surface area contributed by atoms with Crippen molar-refractivity contribution in [3.05, 3.63) is 0 Å². The van der Waals surface area contributed by atoms with E-state index < -0.39 is 0 Å². The highest BCUT2D eigenvalue weighted by Crippen LogP contribution is 2.48. The lowest BCUT2D eigenvalue weighted by Crippen LogP contribution is -2.49. The molecule has 2 nitrogen and oxygen atoms in total. The molecule has 1 saturated heterocycles. The fourth-order valence-electron chi connectivity index (χ4n) is 2.93. The Hall–Kier alpha value is -0.530. The zero-order chi connectivity index (χ0) is 10.3. The van der Waals surface area contributed by atoms with Crippen LogP contribution in [0.5, 0.6) is 0 Å². The van der Waals surface area contributed by atoms with Crippen LogP contribution < -0.4 is 5.32 Å². The van der Waals surface area contributed by atoms with Crippen molar-refractivity contribution in [2.45, 2.75) is 53.0 Å². The third kappa shape index (κ3) is 1.36. The average molecular weight is 183 g/mol. The van der Waals surface area contributed by atoms with Gasteiger partial charge in [0, 0.05) is 17.4 Å². The molecule has 1 rings (SSSR count). The number of rotatable bonds is 2. The molecule has 0 aromatic carbocycles. The van der Waals surface area contributed by atoms with Gasteiger partial charge in [-0.05, 0) is 26.2 Å². The molecule has 13 heavy (non-hydrogen) atoms. The summed E-state index contributed by atoms with van der Waals surface area (Å²) >= 11 is 0. The molecule has 1 fully saturated rings. The Morgan fingerprint density at radius 3 is 2.15 bits per heavy atom. The average Bonchev–Trinajstić information content (AvgIpc) is 2.20. The lowest BCUT2D eigenvalue weighted by atomic mass is 9.63. The highest BCUT2D eigenvalue weighted by atomic mass is 16.2. The van der Waals surface area contributed by atoms with Gasteiger partial charge in [-0.15, -0.1) is 0 Å². The molecule has 1 amide bonds. The van der Waals surface area contributed by atoms with E-state index in [9.17, 15) is 4.79 Å². The maximum Gasteiger partial charge on any atom is 0.221 e. The van der Waals surface area contributed by atoms with E-state index >= 15 is 0 Å². The van der Waals surface area contributed by atoms with Crippen LogP contribution in [-0.2, 0) is 4.79 Å². The van der Waals surface area contributed by atoms with Gasteiger partial charge in [0.1, 0.15) is 0 Å². The van der Waals surface area contributed by atoms with Crippen LogP contribution >= 0.6 is 0 Å². The molecule has 1 aliphatic rings. The molecule has 0 aliphatic carbocycles. The highest BCUT2D eigenvalue weighted by Gasteiger charge is 2.52. The molecule has 0 radical (unpaired) electrons. The van der Waals surface area contributed by atoms with E-state index in [0.717, 1.165) is 6.42 Å². The molecule has 1 unspecified atom stereocenters. The highest BCUT2D eigenvalue weighted by molar-refractivity contribution is 5.80. The second-order valence-electron chi connectivity index (χ2n) is 5.01. The van der Waals surface area contributed by atoms with Gasteiger partial charge in [-0.25, -0.2) is 0 Å². The SMILES string of the molecule is CCC1(C(C)C)CC(=O)NC1(C)C. The summed E-state index contributed by atoms with van der Waals surface area (Å²) in [4.78, 5) is 11.4. The van der Waals surface area contributed by atoms with E-state index in [2.05, 4.69) is 39.9 Å². The molecule has 76 valence electrons. The van der Waals surface area contributed by atoms with E-state index in [1.54, 1.807) is 0 Å². The summed E-state index contributed by atoms with van der Waals surface area (Å²) in [7, 11) is 0. The van der Waals surface area contributed by atoms with Crippen molar-refractivity contribution in [2.24, 2.45) is 11.3 Å². The standard InChI is InChI=1S/C11H21NO/c1-6-11(8(2)3)7-9(13)12-10(11,4)5/h8H,6-7H2,1-5H3,(H,12,13). The van der Waals surface area contributed by atoms with Gasteiger partial charge in [-0.1, -0.05) is 20.8 Å². The Bertz CT molecular complexity index is 220. The van der Waals surface area contributed by atoms with E-state index in [1.807, 2.05) is 0 Å². The quantitative estimate of drug-likeness (QED) is 0.699. The summed E-state index contributed by atoms with van der Waals surface area (Å²) in [6, 6.07) is 0. The first-order valence-corrected chi connectivity index (χ1v) is 5.17. The van der Waals surface area contributed by atoms with Gasteiger partial charge in [0.05, 0.1) is 0 Å². The van der Waals surface area contributed by atoms with Crippen molar-refractivity contribution in [1.82, 2.24) is 5.32 Å². The first-order chi connectivity index (χ1) is 5.85. The normalized spacial score (nSPS) is 32.3. The Balaban J connectivity index is 3.05. The number of carbonyl (C=O) groups excluding carboxylic acids is 1. The van der Waals surface area contributed by atoms with E-state index in [1.165, 1.54) is 0 Å². The second-order valence-corrected chi connectivity index (χ2v) is 5.01. The predicted octanol–water partition coefficient (Wildman–Crippen LogP) is 2.34. The zero-order valence-corrected chi connectivity index (χ0v) is 9.40. The minimum atomic E-state index is -0.0486.